The second-order valence-corrected chi connectivity index (χ2v) is 8.18. The molecule has 8 heteroatoms. The summed E-state index contributed by atoms with van der Waals surface area (Å²) in [6.45, 7) is 1.85. The smallest absolute Gasteiger partial charge is 0.337 e. The molecule has 0 unspecified atom stereocenters. The summed E-state index contributed by atoms with van der Waals surface area (Å²) in [5.41, 5.74) is 1.22. The molecule has 1 aliphatic rings. The normalized spacial score (nSPS) is 15.7. The van der Waals surface area contributed by atoms with Gasteiger partial charge in [0.05, 0.1) is 17.7 Å². The SMILES string of the molecule is COC(=O)c1ccc(Cl)c(S(=O)(=O)N2CCN(c3ccccc3)CC2)c1. The fourth-order valence-corrected chi connectivity index (χ4v) is 4.83. The van der Waals surface area contributed by atoms with Gasteiger partial charge in [0.25, 0.3) is 0 Å². The van der Waals surface area contributed by atoms with Crippen LogP contribution in [0.2, 0.25) is 5.02 Å². The Morgan fingerprint density at radius 2 is 1.69 bits per heavy atom. The zero-order valence-corrected chi connectivity index (χ0v) is 15.8. The van der Waals surface area contributed by atoms with Gasteiger partial charge in [0.15, 0.2) is 0 Å². The Kier molecular flexibility index (Phi) is 5.50. The van der Waals surface area contributed by atoms with Crippen molar-refractivity contribution in [3.05, 3.63) is 59.1 Å². The van der Waals surface area contributed by atoms with Crippen molar-refractivity contribution in [2.24, 2.45) is 0 Å². The first-order valence-electron chi connectivity index (χ1n) is 8.11. The number of piperazine rings is 1. The van der Waals surface area contributed by atoms with Crippen LogP contribution in [0.3, 0.4) is 0 Å². The van der Waals surface area contributed by atoms with E-state index in [2.05, 4.69) is 9.64 Å². The molecule has 1 saturated heterocycles. The zero-order valence-electron chi connectivity index (χ0n) is 14.3. The molecule has 6 nitrogen and oxygen atoms in total. The number of carbonyl (C=O) groups is 1. The Morgan fingerprint density at radius 3 is 2.31 bits per heavy atom. The van der Waals surface area contributed by atoms with Gasteiger partial charge in [0, 0.05) is 31.9 Å². The number of rotatable bonds is 4. The molecule has 0 radical (unpaired) electrons. The van der Waals surface area contributed by atoms with E-state index >= 15 is 0 Å². The Labute approximate surface area is 158 Å². The Balaban J connectivity index is 1.80. The van der Waals surface area contributed by atoms with Crippen molar-refractivity contribution in [2.75, 3.05) is 38.2 Å². The molecule has 1 heterocycles. The fourth-order valence-electron chi connectivity index (χ4n) is 2.91. The molecular formula is C18H19ClN2O4S. The molecule has 0 aromatic heterocycles. The van der Waals surface area contributed by atoms with Crippen molar-refractivity contribution in [1.29, 1.82) is 0 Å². The summed E-state index contributed by atoms with van der Waals surface area (Å²) < 4.78 is 32.0. The molecule has 3 rings (SSSR count). The third-order valence-electron chi connectivity index (χ3n) is 4.33. The lowest BCUT2D eigenvalue weighted by molar-refractivity contribution is 0.0600. The number of para-hydroxylation sites is 1. The first kappa shape index (κ1) is 18.7. The van der Waals surface area contributed by atoms with Gasteiger partial charge in [-0.05, 0) is 30.3 Å². The minimum absolute atomic E-state index is 0.0739. The highest BCUT2D eigenvalue weighted by molar-refractivity contribution is 7.89. The van der Waals surface area contributed by atoms with E-state index in [1.165, 1.54) is 29.6 Å². The van der Waals surface area contributed by atoms with Gasteiger partial charge >= 0.3 is 5.97 Å². The maximum absolute atomic E-state index is 13.0. The summed E-state index contributed by atoms with van der Waals surface area (Å²) in [5, 5.41) is 0.0862. The second kappa shape index (κ2) is 7.65. The maximum Gasteiger partial charge on any atom is 0.337 e. The molecule has 0 amide bonds. The van der Waals surface area contributed by atoms with E-state index in [-0.39, 0.29) is 15.5 Å². The van der Waals surface area contributed by atoms with Crippen LogP contribution in [0.4, 0.5) is 5.69 Å². The van der Waals surface area contributed by atoms with Gasteiger partial charge in [-0.25, -0.2) is 13.2 Å². The van der Waals surface area contributed by atoms with Crippen molar-refractivity contribution < 1.29 is 17.9 Å². The summed E-state index contributed by atoms with van der Waals surface area (Å²) in [6.07, 6.45) is 0. The number of benzene rings is 2. The minimum atomic E-state index is -3.80. The summed E-state index contributed by atoms with van der Waals surface area (Å²) >= 11 is 6.10. The van der Waals surface area contributed by atoms with Crippen LogP contribution in [0.1, 0.15) is 10.4 Å². The van der Waals surface area contributed by atoms with Crippen LogP contribution in [0, 0.1) is 0 Å². The molecule has 2 aromatic carbocycles. The zero-order chi connectivity index (χ0) is 18.7. The van der Waals surface area contributed by atoms with Crippen molar-refractivity contribution in [1.82, 2.24) is 4.31 Å². The molecule has 0 atom stereocenters. The number of hydrogen-bond donors (Lipinski definition) is 0. The Hall–Kier alpha value is -2.09. The number of methoxy groups -OCH3 is 1. The molecule has 0 aliphatic carbocycles. The summed E-state index contributed by atoms with van der Waals surface area (Å²) in [6, 6.07) is 14.0. The quantitative estimate of drug-likeness (QED) is 0.746. The summed E-state index contributed by atoms with van der Waals surface area (Å²) in [7, 11) is -2.55. The summed E-state index contributed by atoms with van der Waals surface area (Å²) in [5.74, 6) is -0.605. The van der Waals surface area contributed by atoms with Crippen molar-refractivity contribution in [3.8, 4) is 0 Å². The molecule has 1 aliphatic heterocycles. The van der Waals surface area contributed by atoms with Crippen LogP contribution in [0.5, 0.6) is 0 Å². The van der Waals surface area contributed by atoms with Gasteiger partial charge < -0.3 is 9.64 Å². The molecule has 0 spiro atoms. The van der Waals surface area contributed by atoms with Gasteiger partial charge in [0.1, 0.15) is 4.90 Å². The number of halogens is 1. The fraction of sp³-hybridized carbons (Fsp3) is 0.278. The molecule has 0 bridgehead atoms. The molecular weight excluding hydrogens is 376 g/mol. The van der Waals surface area contributed by atoms with E-state index in [0.717, 1.165) is 5.69 Å². The molecule has 2 aromatic rings. The lowest BCUT2D eigenvalue weighted by Crippen LogP contribution is -2.48. The van der Waals surface area contributed by atoms with Crippen molar-refractivity contribution >= 4 is 33.3 Å². The Morgan fingerprint density at radius 1 is 1.04 bits per heavy atom. The van der Waals surface area contributed by atoms with Crippen molar-refractivity contribution in [3.63, 3.8) is 0 Å². The predicted octanol–water partition coefficient (Wildman–Crippen LogP) is 2.64. The molecule has 26 heavy (non-hydrogen) atoms. The van der Waals surface area contributed by atoms with Crippen LogP contribution < -0.4 is 4.90 Å². The number of ether oxygens (including phenoxy) is 1. The van der Waals surface area contributed by atoms with Crippen molar-refractivity contribution in [2.45, 2.75) is 4.90 Å². The van der Waals surface area contributed by atoms with Gasteiger partial charge in [0.2, 0.25) is 10.0 Å². The highest BCUT2D eigenvalue weighted by Gasteiger charge is 2.31. The first-order chi connectivity index (χ1) is 12.4. The van der Waals surface area contributed by atoms with E-state index in [4.69, 9.17) is 11.6 Å². The largest absolute Gasteiger partial charge is 0.465 e. The first-order valence-corrected chi connectivity index (χ1v) is 9.93. The highest BCUT2D eigenvalue weighted by Crippen LogP contribution is 2.27. The van der Waals surface area contributed by atoms with Gasteiger partial charge in [-0.1, -0.05) is 29.8 Å². The van der Waals surface area contributed by atoms with E-state index < -0.39 is 16.0 Å². The van der Waals surface area contributed by atoms with E-state index in [1.807, 2.05) is 30.3 Å². The molecule has 1 fully saturated rings. The van der Waals surface area contributed by atoms with Crippen LogP contribution in [0.15, 0.2) is 53.4 Å². The average molecular weight is 395 g/mol. The number of hydrogen-bond acceptors (Lipinski definition) is 5. The Bertz CT molecular complexity index is 895. The lowest BCUT2D eigenvalue weighted by Gasteiger charge is -2.35. The molecule has 138 valence electrons. The predicted molar refractivity (Wildman–Crippen MR) is 100 cm³/mol. The number of nitrogens with zero attached hydrogens (tertiary/aromatic N) is 2. The second-order valence-electron chi connectivity index (χ2n) is 5.86. The van der Waals surface area contributed by atoms with Crippen LogP contribution in [-0.2, 0) is 14.8 Å². The number of sulfonamides is 1. The topological polar surface area (TPSA) is 66.9 Å². The van der Waals surface area contributed by atoms with Gasteiger partial charge in [-0.3, -0.25) is 0 Å². The maximum atomic E-state index is 13.0. The van der Waals surface area contributed by atoms with Gasteiger partial charge in [-0.2, -0.15) is 4.31 Å². The van der Waals surface area contributed by atoms with E-state index in [1.54, 1.807) is 0 Å². The lowest BCUT2D eigenvalue weighted by atomic mass is 10.2. The molecule has 0 N–H and O–H groups in total. The van der Waals surface area contributed by atoms with Crippen LogP contribution in [-0.4, -0.2) is 52.0 Å². The third-order valence-corrected chi connectivity index (χ3v) is 6.71. The number of anilines is 1. The van der Waals surface area contributed by atoms with E-state index in [0.29, 0.717) is 26.2 Å². The minimum Gasteiger partial charge on any atom is -0.465 e. The molecule has 0 saturated carbocycles. The standard InChI is InChI=1S/C18H19ClN2O4S/c1-25-18(22)14-7-8-16(19)17(13-14)26(23,24)21-11-9-20(10-12-21)15-5-3-2-4-6-15/h2-8,13H,9-12H2,1H3. The van der Waals surface area contributed by atoms with E-state index in [9.17, 15) is 13.2 Å². The summed E-state index contributed by atoms with van der Waals surface area (Å²) in [4.78, 5) is 13.8. The number of carbonyl (C=O) groups excluding carboxylic acids is 1. The third kappa shape index (κ3) is 3.70. The number of esters is 1. The van der Waals surface area contributed by atoms with Crippen LogP contribution >= 0.6 is 11.6 Å². The van der Waals surface area contributed by atoms with Gasteiger partial charge in [-0.15, -0.1) is 0 Å². The monoisotopic (exact) mass is 394 g/mol. The van der Waals surface area contributed by atoms with Crippen LogP contribution in [0.25, 0.3) is 0 Å². The average Bonchev–Trinajstić information content (AvgIpc) is 2.68. The highest BCUT2D eigenvalue weighted by atomic mass is 35.5.